The van der Waals surface area contributed by atoms with Crippen LogP contribution >= 0.6 is 0 Å². The molecule has 0 amide bonds. The molecular weight excluding hydrogens is 132 g/mol. The summed E-state index contributed by atoms with van der Waals surface area (Å²) in [5.41, 5.74) is -0.958. The lowest BCUT2D eigenvalue weighted by atomic mass is 10.2. The number of carboxylic acid groups (broad SMARTS) is 1. The predicted octanol–water partition coefficient (Wildman–Crippen LogP) is -0.207. The molecule has 10 heavy (non-hydrogen) atoms. The molecular formula is C6H10N2O2. The van der Waals surface area contributed by atoms with Gasteiger partial charge in [0, 0.05) is 19.4 Å². The first-order chi connectivity index (χ1) is 4.57. The van der Waals surface area contributed by atoms with Crippen LogP contribution < -0.4 is 5.32 Å². The number of carboxylic acids is 1. The third kappa shape index (κ3) is 0.725. The van der Waals surface area contributed by atoms with Crippen LogP contribution in [0.25, 0.3) is 0 Å². The minimum atomic E-state index is -0.958. The molecule has 0 aromatic carbocycles. The molecule has 1 atom stereocenters. The van der Waals surface area contributed by atoms with E-state index in [1.54, 1.807) is 31.3 Å². The van der Waals surface area contributed by atoms with Crippen LogP contribution in [0.1, 0.15) is 6.92 Å². The Hall–Kier alpha value is -1.19. The Labute approximate surface area is 59.1 Å². The maximum absolute atomic E-state index is 10.6. The summed E-state index contributed by atoms with van der Waals surface area (Å²) >= 11 is 0. The van der Waals surface area contributed by atoms with Gasteiger partial charge in [-0.25, -0.2) is 4.79 Å². The maximum atomic E-state index is 10.6. The summed E-state index contributed by atoms with van der Waals surface area (Å²) in [4.78, 5) is 12.2. The molecule has 1 unspecified atom stereocenters. The molecule has 0 aromatic rings. The van der Waals surface area contributed by atoms with Crippen LogP contribution in [0.15, 0.2) is 12.4 Å². The van der Waals surface area contributed by atoms with Gasteiger partial charge in [0.2, 0.25) is 5.66 Å². The van der Waals surface area contributed by atoms with Gasteiger partial charge >= 0.3 is 5.97 Å². The van der Waals surface area contributed by atoms with E-state index in [1.807, 2.05) is 0 Å². The third-order valence-electron chi connectivity index (χ3n) is 1.78. The highest BCUT2D eigenvalue weighted by molar-refractivity contribution is 5.78. The van der Waals surface area contributed by atoms with Gasteiger partial charge in [0.05, 0.1) is 0 Å². The Bertz CT molecular complexity index is 190. The zero-order valence-corrected chi connectivity index (χ0v) is 5.96. The van der Waals surface area contributed by atoms with Gasteiger partial charge in [-0.05, 0) is 6.92 Å². The minimum Gasteiger partial charge on any atom is -0.478 e. The number of aliphatic carboxylic acids is 1. The molecule has 0 aromatic heterocycles. The fraction of sp³-hybridized carbons (Fsp3) is 0.500. The predicted molar refractivity (Wildman–Crippen MR) is 36.1 cm³/mol. The minimum absolute atomic E-state index is 0.875. The van der Waals surface area contributed by atoms with E-state index in [2.05, 4.69) is 5.32 Å². The molecule has 1 aliphatic rings. The molecule has 0 saturated carbocycles. The van der Waals surface area contributed by atoms with Crippen molar-refractivity contribution in [1.82, 2.24) is 10.2 Å². The number of nitrogens with zero attached hydrogens (tertiary/aromatic N) is 1. The molecule has 0 spiro atoms. The number of hydrogen-bond acceptors (Lipinski definition) is 3. The topological polar surface area (TPSA) is 52.6 Å². The van der Waals surface area contributed by atoms with Crippen molar-refractivity contribution in [2.75, 3.05) is 7.05 Å². The van der Waals surface area contributed by atoms with Crippen molar-refractivity contribution in [3.8, 4) is 0 Å². The van der Waals surface area contributed by atoms with Crippen LogP contribution in [0.3, 0.4) is 0 Å². The number of carbonyl (C=O) groups is 1. The smallest absolute Gasteiger partial charge is 0.350 e. The summed E-state index contributed by atoms with van der Waals surface area (Å²) in [6, 6.07) is 0. The summed E-state index contributed by atoms with van der Waals surface area (Å²) in [6.07, 6.45) is 3.31. The molecule has 4 nitrogen and oxygen atoms in total. The highest BCUT2D eigenvalue weighted by Crippen LogP contribution is 2.14. The largest absolute Gasteiger partial charge is 0.478 e. The molecule has 56 valence electrons. The highest BCUT2D eigenvalue weighted by atomic mass is 16.4. The lowest BCUT2D eigenvalue weighted by Crippen LogP contribution is -2.53. The van der Waals surface area contributed by atoms with Crippen LogP contribution in [0.4, 0.5) is 0 Å². The lowest BCUT2D eigenvalue weighted by molar-refractivity contribution is -0.148. The summed E-state index contributed by atoms with van der Waals surface area (Å²) in [6.45, 7) is 1.61. The van der Waals surface area contributed by atoms with Crippen molar-refractivity contribution < 1.29 is 9.90 Å². The first-order valence-corrected chi connectivity index (χ1v) is 2.98. The first kappa shape index (κ1) is 6.92. The zero-order valence-electron chi connectivity index (χ0n) is 5.96. The number of likely N-dealkylation sites (N-methyl/N-ethyl adjacent to an activating group) is 1. The molecule has 1 aliphatic heterocycles. The quantitative estimate of drug-likeness (QED) is 0.532. The summed E-state index contributed by atoms with van der Waals surface area (Å²) in [5, 5.41) is 11.4. The average molecular weight is 142 g/mol. The highest BCUT2D eigenvalue weighted by Gasteiger charge is 2.37. The SMILES string of the molecule is CN1C=CNC1(C)C(=O)O. The monoisotopic (exact) mass is 142 g/mol. The van der Waals surface area contributed by atoms with Gasteiger partial charge < -0.3 is 15.3 Å². The van der Waals surface area contributed by atoms with Crippen LogP contribution in [0.5, 0.6) is 0 Å². The second-order valence-corrected chi connectivity index (χ2v) is 2.45. The van der Waals surface area contributed by atoms with E-state index in [0.29, 0.717) is 0 Å². The third-order valence-corrected chi connectivity index (χ3v) is 1.78. The summed E-state index contributed by atoms with van der Waals surface area (Å²) in [7, 11) is 1.71. The second-order valence-electron chi connectivity index (χ2n) is 2.45. The van der Waals surface area contributed by atoms with E-state index in [0.717, 1.165) is 0 Å². The van der Waals surface area contributed by atoms with Crippen LogP contribution in [-0.2, 0) is 4.79 Å². The second kappa shape index (κ2) is 1.90. The fourth-order valence-electron chi connectivity index (χ4n) is 0.775. The molecule has 1 heterocycles. The standard InChI is InChI=1S/C6H10N2O2/c1-6(5(9)10)7-3-4-8(6)2/h3-4,7H,1-2H3,(H,9,10). The van der Waals surface area contributed by atoms with Gasteiger partial charge in [-0.2, -0.15) is 0 Å². The van der Waals surface area contributed by atoms with Crippen molar-refractivity contribution >= 4 is 5.97 Å². The number of hydrogen-bond donors (Lipinski definition) is 2. The molecule has 1 rings (SSSR count). The van der Waals surface area contributed by atoms with Crippen molar-refractivity contribution in [1.29, 1.82) is 0 Å². The molecule has 0 fully saturated rings. The van der Waals surface area contributed by atoms with Gasteiger partial charge in [-0.1, -0.05) is 0 Å². The average Bonchev–Trinajstić information content (AvgIpc) is 2.15. The Morgan fingerprint density at radius 1 is 1.80 bits per heavy atom. The van der Waals surface area contributed by atoms with E-state index in [9.17, 15) is 4.79 Å². The Morgan fingerprint density at radius 2 is 2.40 bits per heavy atom. The summed E-state index contributed by atoms with van der Waals surface area (Å²) < 4.78 is 0. The Kier molecular flexibility index (Phi) is 1.31. The number of rotatable bonds is 1. The van der Waals surface area contributed by atoms with Crippen LogP contribution in [0.2, 0.25) is 0 Å². The zero-order chi connectivity index (χ0) is 7.78. The number of nitrogens with one attached hydrogen (secondary N) is 1. The maximum Gasteiger partial charge on any atom is 0.350 e. The molecule has 0 saturated heterocycles. The van der Waals surface area contributed by atoms with E-state index in [1.165, 1.54) is 0 Å². The molecule has 0 aliphatic carbocycles. The van der Waals surface area contributed by atoms with Gasteiger partial charge in [0.1, 0.15) is 0 Å². The van der Waals surface area contributed by atoms with Crippen molar-refractivity contribution in [2.45, 2.75) is 12.6 Å². The van der Waals surface area contributed by atoms with Gasteiger partial charge in [0.15, 0.2) is 0 Å². The van der Waals surface area contributed by atoms with E-state index >= 15 is 0 Å². The van der Waals surface area contributed by atoms with Crippen molar-refractivity contribution in [2.24, 2.45) is 0 Å². The van der Waals surface area contributed by atoms with Crippen LogP contribution in [-0.4, -0.2) is 28.7 Å². The van der Waals surface area contributed by atoms with E-state index in [-0.39, 0.29) is 0 Å². The van der Waals surface area contributed by atoms with Crippen molar-refractivity contribution in [3.05, 3.63) is 12.4 Å². The van der Waals surface area contributed by atoms with Gasteiger partial charge in [-0.15, -0.1) is 0 Å². The normalized spacial score (nSPS) is 30.4. The molecule has 4 heteroatoms. The molecule has 2 N–H and O–H groups in total. The van der Waals surface area contributed by atoms with E-state index < -0.39 is 11.6 Å². The Balaban J connectivity index is 2.80. The Morgan fingerprint density at radius 3 is 2.60 bits per heavy atom. The van der Waals surface area contributed by atoms with Gasteiger partial charge in [-0.3, -0.25) is 0 Å². The molecule has 0 bridgehead atoms. The molecule has 0 radical (unpaired) electrons. The lowest BCUT2D eigenvalue weighted by Gasteiger charge is -2.28. The van der Waals surface area contributed by atoms with Gasteiger partial charge in [0.25, 0.3) is 0 Å². The fourth-order valence-corrected chi connectivity index (χ4v) is 0.775. The van der Waals surface area contributed by atoms with Crippen LogP contribution in [0, 0.1) is 0 Å². The van der Waals surface area contributed by atoms with Crippen molar-refractivity contribution in [3.63, 3.8) is 0 Å². The summed E-state index contributed by atoms with van der Waals surface area (Å²) in [5.74, 6) is -0.875. The van der Waals surface area contributed by atoms with E-state index in [4.69, 9.17) is 5.11 Å². The first-order valence-electron chi connectivity index (χ1n) is 2.98.